The molecule has 1 saturated carbocycles. The smallest absolute Gasteiger partial charge is 0.191 e. The highest BCUT2D eigenvalue weighted by Gasteiger charge is 2.36. The lowest BCUT2D eigenvalue weighted by atomic mass is 9.75. The standard InChI is InChI=1S/C20H40N4O2.HI/c1-17-7-5-9-20(13-17,24(3)4)16-23-19(21-2)22-10-6-11-25-14-18-8-12-26-15-18;/h17-18H,5-16H2,1-4H3,(H2,21,22,23);1H. The molecule has 1 aliphatic heterocycles. The van der Waals surface area contributed by atoms with Crippen LogP contribution in [0.4, 0.5) is 0 Å². The Morgan fingerprint density at radius 2 is 2.11 bits per heavy atom. The highest BCUT2D eigenvalue weighted by atomic mass is 127. The van der Waals surface area contributed by atoms with Crippen molar-refractivity contribution in [3.8, 4) is 0 Å². The van der Waals surface area contributed by atoms with Gasteiger partial charge in [0.2, 0.25) is 0 Å². The molecule has 0 aromatic carbocycles. The average Bonchev–Trinajstić information content (AvgIpc) is 3.13. The number of hydrogen-bond donors (Lipinski definition) is 2. The Bertz CT molecular complexity index is 430. The molecule has 1 aliphatic carbocycles. The molecule has 2 N–H and O–H groups in total. The summed E-state index contributed by atoms with van der Waals surface area (Å²) in [4.78, 5) is 6.79. The minimum atomic E-state index is 0. The van der Waals surface area contributed by atoms with E-state index in [0.717, 1.165) is 64.2 Å². The number of likely N-dealkylation sites (N-methyl/N-ethyl adjacent to an activating group) is 1. The van der Waals surface area contributed by atoms with Crippen molar-refractivity contribution < 1.29 is 9.47 Å². The Balaban J connectivity index is 0.00000364. The van der Waals surface area contributed by atoms with Crippen LogP contribution in [0.1, 0.15) is 45.4 Å². The average molecular weight is 496 g/mol. The number of ether oxygens (including phenoxy) is 2. The van der Waals surface area contributed by atoms with Crippen LogP contribution in [0.5, 0.6) is 0 Å². The van der Waals surface area contributed by atoms with E-state index in [2.05, 4.69) is 41.5 Å². The first-order valence-corrected chi connectivity index (χ1v) is 10.3. The molecule has 7 heteroatoms. The van der Waals surface area contributed by atoms with Crippen molar-refractivity contribution in [2.45, 2.75) is 51.0 Å². The van der Waals surface area contributed by atoms with Crippen LogP contribution >= 0.6 is 24.0 Å². The summed E-state index contributed by atoms with van der Waals surface area (Å²) in [6, 6.07) is 0. The van der Waals surface area contributed by atoms with Gasteiger partial charge in [0.05, 0.1) is 13.2 Å². The Morgan fingerprint density at radius 3 is 2.74 bits per heavy atom. The molecule has 0 radical (unpaired) electrons. The topological polar surface area (TPSA) is 58.1 Å². The third-order valence-corrected chi connectivity index (χ3v) is 5.96. The summed E-state index contributed by atoms with van der Waals surface area (Å²) in [5.41, 5.74) is 0.238. The minimum absolute atomic E-state index is 0. The second-order valence-electron chi connectivity index (χ2n) is 8.33. The quantitative estimate of drug-likeness (QED) is 0.223. The van der Waals surface area contributed by atoms with E-state index >= 15 is 0 Å². The molecule has 0 bridgehead atoms. The van der Waals surface area contributed by atoms with Crippen LogP contribution in [0.3, 0.4) is 0 Å². The van der Waals surface area contributed by atoms with E-state index < -0.39 is 0 Å². The van der Waals surface area contributed by atoms with E-state index in [1.807, 2.05) is 7.05 Å². The van der Waals surface area contributed by atoms with E-state index in [1.165, 1.54) is 25.7 Å². The molecule has 3 unspecified atom stereocenters. The second kappa shape index (κ2) is 13.2. The number of halogens is 1. The molecule has 2 rings (SSSR count). The monoisotopic (exact) mass is 496 g/mol. The van der Waals surface area contributed by atoms with Crippen molar-refractivity contribution in [3.05, 3.63) is 0 Å². The maximum atomic E-state index is 5.76. The number of guanidine groups is 1. The van der Waals surface area contributed by atoms with Crippen LogP contribution < -0.4 is 10.6 Å². The normalized spacial score (nSPS) is 28.9. The fourth-order valence-corrected chi connectivity index (χ4v) is 4.17. The van der Waals surface area contributed by atoms with E-state index in [4.69, 9.17) is 9.47 Å². The van der Waals surface area contributed by atoms with Gasteiger partial charge >= 0.3 is 0 Å². The first-order valence-electron chi connectivity index (χ1n) is 10.3. The fraction of sp³-hybridized carbons (Fsp3) is 0.950. The molecule has 0 aromatic rings. The van der Waals surface area contributed by atoms with Gasteiger partial charge in [-0.05, 0) is 45.7 Å². The van der Waals surface area contributed by atoms with Gasteiger partial charge < -0.3 is 25.0 Å². The van der Waals surface area contributed by atoms with Gasteiger partial charge in [-0.15, -0.1) is 24.0 Å². The van der Waals surface area contributed by atoms with Crippen molar-refractivity contribution in [2.75, 3.05) is 60.7 Å². The maximum Gasteiger partial charge on any atom is 0.191 e. The van der Waals surface area contributed by atoms with Gasteiger partial charge in [-0.1, -0.05) is 19.8 Å². The van der Waals surface area contributed by atoms with Crippen LogP contribution in [0.2, 0.25) is 0 Å². The lowest BCUT2D eigenvalue weighted by molar-refractivity contribution is 0.0794. The van der Waals surface area contributed by atoms with Gasteiger partial charge in [0.25, 0.3) is 0 Å². The third-order valence-electron chi connectivity index (χ3n) is 5.96. The van der Waals surface area contributed by atoms with Crippen molar-refractivity contribution in [1.82, 2.24) is 15.5 Å². The van der Waals surface area contributed by atoms with Crippen molar-refractivity contribution >= 4 is 29.9 Å². The van der Waals surface area contributed by atoms with Crippen molar-refractivity contribution in [1.29, 1.82) is 0 Å². The zero-order valence-electron chi connectivity index (χ0n) is 17.8. The van der Waals surface area contributed by atoms with Crippen molar-refractivity contribution in [2.24, 2.45) is 16.8 Å². The lowest BCUT2D eigenvalue weighted by Crippen LogP contribution is -2.56. The predicted molar refractivity (Wildman–Crippen MR) is 123 cm³/mol. The molecule has 0 amide bonds. The number of hydrogen-bond acceptors (Lipinski definition) is 4. The number of nitrogens with one attached hydrogen (secondary N) is 2. The second-order valence-corrected chi connectivity index (χ2v) is 8.33. The Labute approximate surface area is 183 Å². The summed E-state index contributed by atoms with van der Waals surface area (Å²) in [5, 5.41) is 6.98. The lowest BCUT2D eigenvalue weighted by Gasteiger charge is -2.45. The molecule has 27 heavy (non-hydrogen) atoms. The summed E-state index contributed by atoms with van der Waals surface area (Å²) in [6.45, 7) is 7.58. The summed E-state index contributed by atoms with van der Waals surface area (Å²) in [5.74, 6) is 2.29. The molecule has 160 valence electrons. The third kappa shape index (κ3) is 8.41. The van der Waals surface area contributed by atoms with E-state index in [1.54, 1.807) is 0 Å². The van der Waals surface area contributed by atoms with E-state index in [9.17, 15) is 0 Å². The fourth-order valence-electron chi connectivity index (χ4n) is 4.17. The Morgan fingerprint density at radius 1 is 1.30 bits per heavy atom. The van der Waals surface area contributed by atoms with Gasteiger partial charge in [0, 0.05) is 44.8 Å². The Kier molecular flexibility index (Phi) is 12.2. The van der Waals surface area contributed by atoms with E-state index in [-0.39, 0.29) is 29.5 Å². The SMILES string of the molecule is CN=C(NCCCOCC1CCOC1)NCC1(N(C)C)CCCC(C)C1.I. The highest BCUT2D eigenvalue weighted by molar-refractivity contribution is 14.0. The van der Waals surface area contributed by atoms with Crippen LogP contribution in [-0.4, -0.2) is 77.1 Å². The number of nitrogens with zero attached hydrogens (tertiary/aromatic N) is 2. The van der Waals surface area contributed by atoms with Gasteiger partial charge in [0.15, 0.2) is 5.96 Å². The highest BCUT2D eigenvalue weighted by Crippen LogP contribution is 2.35. The maximum absolute atomic E-state index is 5.76. The van der Waals surface area contributed by atoms with Crippen LogP contribution in [0.15, 0.2) is 4.99 Å². The molecule has 0 spiro atoms. The molecule has 2 fully saturated rings. The molecule has 6 nitrogen and oxygen atoms in total. The minimum Gasteiger partial charge on any atom is -0.381 e. The summed E-state index contributed by atoms with van der Waals surface area (Å²) in [6.07, 6.45) is 7.31. The summed E-state index contributed by atoms with van der Waals surface area (Å²) >= 11 is 0. The molecule has 1 heterocycles. The molecule has 1 saturated heterocycles. The molecule has 2 aliphatic rings. The molecular weight excluding hydrogens is 455 g/mol. The zero-order valence-corrected chi connectivity index (χ0v) is 20.1. The molecular formula is C20H41IN4O2. The van der Waals surface area contributed by atoms with Gasteiger partial charge in [-0.2, -0.15) is 0 Å². The van der Waals surface area contributed by atoms with Crippen LogP contribution in [0, 0.1) is 11.8 Å². The van der Waals surface area contributed by atoms with Crippen molar-refractivity contribution in [3.63, 3.8) is 0 Å². The Hall–Kier alpha value is -0.120. The van der Waals surface area contributed by atoms with E-state index in [0.29, 0.717) is 5.92 Å². The van der Waals surface area contributed by atoms with Gasteiger partial charge in [0.1, 0.15) is 0 Å². The molecule has 0 aromatic heterocycles. The summed E-state index contributed by atoms with van der Waals surface area (Å²) < 4.78 is 11.1. The van der Waals surface area contributed by atoms with Crippen LogP contribution in [0.25, 0.3) is 0 Å². The predicted octanol–water partition coefficient (Wildman–Crippen LogP) is 2.72. The number of rotatable bonds is 9. The van der Waals surface area contributed by atoms with Crippen LogP contribution in [-0.2, 0) is 9.47 Å². The first-order chi connectivity index (χ1) is 12.6. The molecule has 3 atom stereocenters. The van der Waals surface area contributed by atoms with Gasteiger partial charge in [-0.3, -0.25) is 4.99 Å². The number of aliphatic imine (C=N–C) groups is 1. The van der Waals surface area contributed by atoms with Gasteiger partial charge in [-0.25, -0.2) is 0 Å². The zero-order chi connectivity index (χ0) is 18.8. The largest absolute Gasteiger partial charge is 0.381 e. The summed E-state index contributed by atoms with van der Waals surface area (Å²) in [7, 11) is 6.27. The first kappa shape index (κ1) is 24.9.